The molecule has 2 rings (SSSR count). The molecule has 0 aliphatic heterocycles. The van der Waals surface area contributed by atoms with Crippen molar-refractivity contribution in [2.75, 3.05) is 23.8 Å². The van der Waals surface area contributed by atoms with Gasteiger partial charge in [-0.25, -0.2) is 4.79 Å². The number of carbonyl (C=O) groups excluding carboxylic acids is 3. The molecule has 2 N–H and O–H groups in total. The third-order valence-electron chi connectivity index (χ3n) is 3.31. The molecule has 0 aromatic heterocycles. The fourth-order valence-corrected chi connectivity index (χ4v) is 2.19. The third-order valence-corrected chi connectivity index (χ3v) is 3.31. The van der Waals surface area contributed by atoms with Gasteiger partial charge in [0, 0.05) is 0 Å². The second-order valence-electron chi connectivity index (χ2n) is 5.10. The van der Waals surface area contributed by atoms with Crippen LogP contribution < -0.4 is 15.4 Å². The average Bonchev–Trinajstić information content (AvgIpc) is 2.64. The van der Waals surface area contributed by atoms with Crippen LogP contribution in [0.5, 0.6) is 5.75 Å². The van der Waals surface area contributed by atoms with Gasteiger partial charge < -0.3 is 20.1 Å². The smallest absolute Gasteiger partial charge is 0.340 e. The van der Waals surface area contributed by atoms with Gasteiger partial charge in [-0.1, -0.05) is 24.3 Å². The number of nitrogens with one attached hydrogen (secondary N) is 2. The minimum Gasteiger partial charge on any atom is -0.492 e. The maximum atomic E-state index is 12.2. The highest BCUT2D eigenvalue weighted by Gasteiger charge is 2.19. The molecule has 0 unspecified atom stereocenters. The van der Waals surface area contributed by atoms with Crippen LogP contribution in [0.25, 0.3) is 0 Å². The molecule has 136 valence electrons. The lowest BCUT2D eigenvalue weighted by atomic mass is 10.2. The SMILES string of the molecule is CCOC(=O)c1ccccc1NC(=O)C(=O)Nc1ccccc1OCC. The lowest BCUT2D eigenvalue weighted by Gasteiger charge is -2.12. The van der Waals surface area contributed by atoms with Gasteiger partial charge in [0.15, 0.2) is 0 Å². The van der Waals surface area contributed by atoms with Gasteiger partial charge in [-0.15, -0.1) is 0 Å². The fourth-order valence-electron chi connectivity index (χ4n) is 2.19. The highest BCUT2D eigenvalue weighted by Crippen LogP contribution is 2.23. The van der Waals surface area contributed by atoms with E-state index in [0.717, 1.165) is 0 Å². The number of para-hydroxylation sites is 3. The van der Waals surface area contributed by atoms with E-state index in [2.05, 4.69) is 10.6 Å². The Morgan fingerprint density at radius 3 is 2.04 bits per heavy atom. The number of hydrogen-bond donors (Lipinski definition) is 2. The summed E-state index contributed by atoms with van der Waals surface area (Å²) >= 11 is 0. The van der Waals surface area contributed by atoms with E-state index in [0.29, 0.717) is 18.0 Å². The van der Waals surface area contributed by atoms with Crippen LogP contribution in [0.4, 0.5) is 11.4 Å². The van der Waals surface area contributed by atoms with Crippen LogP contribution >= 0.6 is 0 Å². The third kappa shape index (κ3) is 4.83. The zero-order valence-corrected chi connectivity index (χ0v) is 14.6. The predicted molar refractivity (Wildman–Crippen MR) is 97.3 cm³/mol. The van der Waals surface area contributed by atoms with Gasteiger partial charge in [-0.05, 0) is 38.1 Å². The molecule has 0 bridgehead atoms. The Kier molecular flexibility index (Phi) is 6.73. The first-order valence-corrected chi connectivity index (χ1v) is 8.17. The Morgan fingerprint density at radius 2 is 1.38 bits per heavy atom. The molecule has 2 aromatic carbocycles. The highest BCUT2D eigenvalue weighted by molar-refractivity contribution is 6.44. The van der Waals surface area contributed by atoms with Crippen molar-refractivity contribution in [1.29, 1.82) is 0 Å². The zero-order valence-electron chi connectivity index (χ0n) is 14.6. The quantitative estimate of drug-likeness (QED) is 0.613. The number of anilines is 2. The number of hydrogen-bond acceptors (Lipinski definition) is 5. The van der Waals surface area contributed by atoms with Crippen molar-refractivity contribution in [1.82, 2.24) is 0 Å². The van der Waals surface area contributed by atoms with Crippen molar-refractivity contribution >= 4 is 29.2 Å². The molecule has 0 radical (unpaired) electrons. The summed E-state index contributed by atoms with van der Waals surface area (Å²) in [7, 11) is 0. The van der Waals surface area contributed by atoms with Crippen molar-refractivity contribution in [2.45, 2.75) is 13.8 Å². The van der Waals surface area contributed by atoms with Crippen LogP contribution in [0, 0.1) is 0 Å². The number of rotatable bonds is 6. The number of benzene rings is 2. The molecule has 7 heteroatoms. The van der Waals surface area contributed by atoms with E-state index >= 15 is 0 Å². The van der Waals surface area contributed by atoms with Crippen molar-refractivity contribution < 1.29 is 23.9 Å². The summed E-state index contributed by atoms with van der Waals surface area (Å²) in [5.41, 5.74) is 0.752. The molecule has 0 heterocycles. The second-order valence-corrected chi connectivity index (χ2v) is 5.10. The normalized spacial score (nSPS) is 9.92. The molecule has 0 atom stereocenters. The number of amides is 2. The van der Waals surface area contributed by atoms with Crippen LogP contribution in [-0.4, -0.2) is 31.0 Å². The molecular formula is C19H20N2O5. The number of ether oxygens (including phenoxy) is 2. The highest BCUT2D eigenvalue weighted by atomic mass is 16.5. The summed E-state index contributed by atoms with van der Waals surface area (Å²) in [6.45, 7) is 4.13. The zero-order chi connectivity index (χ0) is 18.9. The Hall–Kier alpha value is -3.35. The first kappa shape index (κ1) is 19.0. The molecule has 2 aromatic rings. The van der Waals surface area contributed by atoms with Gasteiger partial charge in [0.1, 0.15) is 5.75 Å². The summed E-state index contributed by atoms with van der Waals surface area (Å²) in [6, 6.07) is 13.1. The van der Waals surface area contributed by atoms with Crippen LogP contribution in [-0.2, 0) is 14.3 Å². The first-order valence-electron chi connectivity index (χ1n) is 8.17. The van der Waals surface area contributed by atoms with Gasteiger partial charge in [-0.2, -0.15) is 0 Å². The van der Waals surface area contributed by atoms with E-state index in [1.807, 2.05) is 6.92 Å². The lowest BCUT2D eigenvalue weighted by Crippen LogP contribution is -2.30. The monoisotopic (exact) mass is 356 g/mol. The molecule has 0 aliphatic rings. The van der Waals surface area contributed by atoms with Crippen LogP contribution in [0.2, 0.25) is 0 Å². The second kappa shape index (κ2) is 9.22. The minimum absolute atomic E-state index is 0.171. The van der Waals surface area contributed by atoms with Gasteiger partial charge in [0.25, 0.3) is 0 Å². The maximum Gasteiger partial charge on any atom is 0.340 e. The average molecular weight is 356 g/mol. The largest absolute Gasteiger partial charge is 0.492 e. The molecule has 0 saturated heterocycles. The molecule has 0 spiro atoms. The van der Waals surface area contributed by atoms with E-state index in [9.17, 15) is 14.4 Å². The summed E-state index contributed by atoms with van der Waals surface area (Å²) in [5.74, 6) is -1.91. The predicted octanol–water partition coefficient (Wildman–Crippen LogP) is 2.84. The molecule has 0 fully saturated rings. The van der Waals surface area contributed by atoms with Crippen LogP contribution in [0.3, 0.4) is 0 Å². The van der Waals surface area contributed by atoms with E-state index in [1.54, 1.807) is 43.3 Å². The molecule has 7 nitrogen and oxygen atoms in total. The summed E-state index contributed by atoms with van der Waals surface area (Å²) in [4.78, 5) is 36.3. The van der Waals surface area contributed by atoms with Crippen molar-refractivity contribution in [2.24, 2.45) is 0 Å². The minimum atomic E-state index is -0.909. The van der Waals surface area contributed by atoms with Gasteiger partial charge >= 0.3 is 17.8 Å². The summed E-state index contributed by atoms with van der Waals surface area (Å²) in [6.07, 6.45) is 0. The Bertz CT molecular complexity index is 804. The maximum absolute atomic E-state index is 12.2. The van der Waals surface area contributed by atoms with Crippen molar-refractivity contribution in [3.8, 4) is 5.75 Å². The number of esters is 1. The summed E-state index contributed by atoms with van der Waals surface area (Å²) in [5, 5.41) is 4.93. The van der Waals surface area contributed by atoms with E-state index in [1.165, 1.54) is 12.1 Å². The van der Waals surface area contributed by atoms with Crippen molar-refractivity contribution in [3.63, 3.8) is 0 Å². The topological polar surface area (TPSA) is 93.7 Å². The van der Waals surface area contributed by atoms with E-state index in [4.69, 9.17) is 9.47 Å². The van der Waals surface area contributed by atoms with Crippen LogP contribution in [0.15, 0.2) is 48.5 Å². The lowest BCUT2D eigenvalue weighted by molar-refractivity contribution is -0.133. The van der Waals surface area contributed by atoms with Crippen molar-refractivity contribution in [3.05, 3.63) is 54.1 Å². The molecule has 0 saturated carbocycles. The fraction of sp³-hybridized carbons (Fsp3) is 0.211. The molecule has 2 amide bonds. The Morgan fingerprint density at radius 1 is 0.808 bits per heavy atom. The van der Waals surface area contributed by atoms with Gasteiger partial charge in [0.2, 0.25) is 0 Å². The Balaban J connectivity index is 2.11. The standard InChI is InChI=1S/C19H20N2O5/c1-3-25-16-12-8-7-11-15(16)21-18(23)17(22)20-14-10-6-5-9-13(14)19(24)26-4-2/h5-12H,3-4H2,1-2H3,(H,20,22)(H,21,23). The van der Waals surface area contributed by atoms with E-state index in [-0.39, 0.29) is 17.9 Å². The summed E-state index contributed by atoms with van der Waals surface area (Å²) < 4.78 is 10.3. The van der Waals surface area contributed by atoms with Crippen LogP contribution in [0.1, 0.15) is 24.2 Å². The molecular weight excluding hydrogens is 336 g/mol. The molecule has 0 aliphatic carbocycles. The number of carbonyl (C=O) groups is 3. The van der Waals surface area contributed by atoms with Gasteiger partial charge in [-0.3, -0.25) is 9.59 Å². The molecule has 26 heavy (non-hydrogen) atoms. The Labute approximate surface area is 151 Å². The first-order chi connectivity index (χ1) is 12.6. The van der Waals surface area contributed by atoms with Gasteiger partial charge in [0.05, 0.1) is 30.2 Å². The van der Waals surface area contributed by atoms with E-state index < -0.39 is 17.8 Å².